The lowest BCUT2D eigenvalue weighted by molar-refractivity contribution is 0.561. The van der Waals surface area contributed by atoms with Crippen LogP contribution in [0.5, 0.6) is 0 Å². The molecule has 0 amide bonds. The highest BCUT2D eigenvalue weighted by molar-refractivity contribution is 7.89. The monoisotopic (exact) mass is 328 g/mol. The zero-order valence-corrected chi connectivity index (χ0v) is 13.4. The maximum absolute atomic E-state index is 13.4. The fourth-order valence-corrected chi connectivity index (χ4v) is 4.24. The van der Waals surface area contributed by atoms with Crippen LogP contribution in [0.3, 0.4) is 0 Å². The van der Waals surface area contributed by atoms with Gasteiger partial charge in [-0.2, -0.15) is 11.3 Å². The Balaban J connectivity index is 2.33. The van der Waals surface area contributed by atoms with Crippen LogP contribution < -0.4 is 10.0 Å². The van der Waals surface area contributed by atoms with E-state index in [9.17, 15) is 12.8 Å². The van der Waals surface area contributed by atoms with E-state index in [1.165, 1.54) is 23.5 Å². The fourth-order valence-electron chi connectivity index (χ4n) is 2.00. The standard InChI is InChI=1S/C14H17FN2O2S2/c1-10(12-5-6-20-9-12)17-21(18,19)14-7-13(15)4-3-11(14)8-16-2/h3-7,9-10,16-17H,8H2,1-2H3. The number of benzene rings is 1. The van der Waals surface area contributed by atoms with Crippen molar-refractivity contribution in [3.63, 3.8) is 0 Å². The van der Waals surface area contributed by atoms with Crippen molar-refractivity contribution >= 4 is 21.4 Å². The van der Waals surface area contributed by atoms with Crippen molar-refractivity contribution in [3.05, 3.63) is 52.0 Å². The number of hydrogen-bond acceptors (Lipinski definition) is 4. The zero-order chi connectivity index (χ0) is 15.5. The summed E-state index contributed by atoms with van der Waals surface area (Å²) in [5.41, 5.74) is 1.42. The van der Waals surface area contributed by atoms with Crippen LogP contribution in [0.25, 0.3) is 0 Å². The molecule has 1 aromatic heterocycles. The minimum atomic E-state index is -3.79. The topological polar surface area (TPSA) is 58.2 Å². The molecule has 2 rings (SSSR count). The van der Waals surface area contributed by atoms with E-state index >= 15 is 0 Å². The van der Waals surface area contributed by atoms with Crippen LogP contribution in [0.2, 0.25) is 0 Å². The molecule has 4 nitrogen and oxygen atoms in total. The summed E-state index contributed by atoms with van der Waals surface area (Å²) in [5.74, 6) is -0.571. The van der Waals surface area contributed by atoms with E-state index in [2.05, 4.69) is 10.0 Å². The summed E-state index contributed by atoms with van der Waals surface area (Å²) in [6.07, 6.45) is 0. The summed E-state index contributed by atoms with van der Waals surface area (Å²) in [7, 11) is -2.08. The molecule has 0 aliphatic carbocycles. The van der Waals surface area contributed by atoms with E-state index in [1.807, 2.05) is 16.8 Å². The third kappa shape index (κ3) is 3.88. The van der Waals surface area contributed by atoms with Crippen LogP contribution in [0.4, 0.5) is 4.39 Å². The van der Waals surface area contributed by atoms with Gasteiger partial charge in [-0.05, 0) is 54.1 Å². The Hall–Kier alpha value is -1.28. The van der Waals surface area contributed by atoms with Crippen molar-refractivity contribution in [1.82, 2.24) is 10.0 Å². The number of sulfonamides is 1. The van der Waals surface area contributed by atoms with E-state index in [0.717, 1.165) is 11.6 Å². The molecule has 1 unspecified atom stereocenters. The van der Waals surface area contributed by atoms with Crippen molar-refractivity contribution in [2.75, 3.05) is 7.05 Å². The van der Waals surface area contributed by atoms with Crippen molar-refractivity contribution in [1.29, 1.82) is 0 Å². The molecule has 0 aliphatic heterocycles. The second kappa shape index (κ2) is 6.65. The third-order valence-electron chi connectivity index (χ3n) is 3.06. The van der Waals surface area contributed by atoms with Gasteiger partial charge in [0.05, 0.1) is 4.90 Å². The molecular formula is C14H17FN2O2S2. The minimum absolute atomic E-state index is 0.0288. The highest BCUT2D eigenvalue weighted by atomic mass is 32.2. The number of halogens is 1. The van der Waals surface area contributed by atoms with E-state index in [1.54, 1.807) is 14.0 Å². The van der Waals surface area contributed by atoms with Gasteiger partial charge in [0.1, 0.15) is 5.82 Å². The summed E-state index contributed by atoms with van der Waals surface area (Å²) in [6.45, 7) is 2.11. The van der Waals surface area contributed by atoms with Gasteiger partial charge in [0.25, 0.3) is 0 Å². The highest BCUT2D eigenvalue weighted by Gasteiger charge is 2.22. The molecule has 0 fully saturated rings. The summed E-state index contributed by atoms with van der Waals surface area (Å²) >= 11 is 1.50. The van der Waals surface area contributed by atoms with Crippen LogP contribution >= 0.6 is 11.3 Å². The molecule has 0 bridgehead atoms. The first-order valence-corrected chi connectivity index (χ1v) is 8.84. The largest absolute Gasteiger partial charge is 0.316 e. The summed E-state index contributed by atoms with van der Waals surface area (Å²) in [4.78, 5) is -0.0288. The fraction of sp³-hybridized carbons (Fsp3) is 0.286. The van der Waals surface area contributed by atoms with Gasteiger partial charge < -0.3 is 5.32 Å². The maximum atomic E-state index is 13.4. The van der Waals surface area contributed by atoms with E-state index in [-0.39, 0.29) is 10.9 Å². The van der Waals surface area contributed by atoms with Gasteiger partial charge >= 0.3 is 0 Å². The number of rotatable bonds is 6. The summed E-state index contributed by atoms with van der Waals surface area (Å²) < 4.78 is 41.0. The van der Waals surface area contributed by atoms with Crippen molar-refractivity contribution in [2.24, 2.45) is 0 Å². The van der Waals surface area contributed by atoms with E-state index in [4.69, 9.17) is 0 Å². The molecule has 21 heavy (non-hydrogen) atoms. The molecule has 7 heteroatoms. The Morgan fingerprint density at radius 1 is 1.33 bits per heavy atom. The maximum Gasteiger partial charge on any atom is 0.241 e. The van der Waals surface area contributed by atoms with Crippen molar-refractivity contribution < 1.29 is 12.8 Å². The van der Waals surface area contributed by atoms with Gasteiger partial charge in [-0.3, -0.25) is 0 Å². The van der Waals surface area contributed by atoms with Gasteiger partial charge in [0, 0.05) is 12.6 Å². The minimum Gasteiger partial charge on any atom is -0.316 e. The third-order valence-corrected chi connectivity index (χ3v) is 5.39. The van der Waals surface area contributed by atoms with Crippen LogP contribution in [0, 0.1) is 5.82 Å². The van der Waals surface area contributed by atoms with E-state index in [0.29, 0.717) is 12.1 Å². The average Bonchev–Trinajstić information content (AvgIpc) is 2.94. The Labute approximate surface area is 128 Å². The molecule has 2 N–H and O–H groups in total. The highest BCUT2D eigenvalue weighted by Crippen LogP contribution is 2.22. The molecule has 0 spiro atoms. The van der Waals surface area contributed by atoms with Crippen LogP contribution in [-0.4, -0.2) is 15.5 Å². The average molecular weight is 328 g/mol. The lowest BCUT2D eigenvalue weighted by atomic mass is 10.2. The lowest BCUT2D eigenvalue weighted by Crippen LogP contribution is -2.28. The number of nitrogens with one attached hydrogen (secondary N) is 2. The Kier molecular flexibility index (Phi) is 5.10. The van der Waals surface area contributed by atoms with Crippen molar-refractivity contribution in [3.8, 4) is 0 Å². The van der Waals surface area contributed by atoms with Gasteiger partial charge in [-0.25, -0.2) is 17.5 Å². The molecule has 0 saturated heterocycles. The summed E-state index contributed by atoms with van der Waals surface area (Å²) in [5, 5.41) is 6.65. The molecule has 0 radical (unpaired) electrons. The molecule has 1 atom stereocenters. The zero-order valence-electron chi connectivity index (χ0n) is 11.8. The molecule has 0 saturated carbocycles. The van der Waals surface area contributed by atoms with Gasteiger partial charge in [0.2, 0.25) is 10.0 Å². The second-order valence-electron chi connectivity index (χ2n) is 4.68. The second-order valence-corrected chi connectivity index (χ2v) is 7.14. The van der Waals surface area contributed by atoms with Gasteiger partial charge in [-0.1, -0.05) is 6.07 Å². The molecule has 114 valence electrons. The first-order valence-electron chi connectivity index (χ1n) is 6.41. The Morgan fingerprint density at radius 2 is 2.10 bits per heavy atom. The predicted molar refractivity (Wildman–Crippen MR) is 82.2 cm³/mol. The lowest BCUT2D eigenvalue weighted by Gasteiger charge is -2.15. The molecule has 2 aromatic rings. The molecule has 0 aliphatic rings. The quantitative estimate of drug-likeness (QED) is 0.857. The predicted octanol–water partition coefficient (Wildman–Crippen LogP) is 2.65. The molecule has 1 aromatic carbocycles. The number of thiophene rings is 1. The SMILES string of the molecule is CNCc1ccc(F)cc1S(=O)(=O)NC(C)c1ccsc1. The van der Waals surface area contributed by atoms with Crippen molar-refractivity contribution in [2.45, 2.75) is 24.4 Å². The normalized spacial score (nSPS) is 13.3. The molecule has 1 heterocycles. The van der Waals surface area contributed by atoms with Gasteiger partial charge in [0.15, 0.2) is 0 Å². The van der Waals surface area contributed by atoms with Crippen LogP contribution in [0.1, 0.15) is 24.1 Å². The van der Waals surface area contributed by atoms with Crippen LogP contribution in [-0.2, 0) is 16.6 Å². The molecular weight excluding hydrogens is 311 g/mol. The smallest absolute Gasteiger partial charge is 0.241 e. The van der Waals surface area contributed by atoms with E-state index < -0.39 is 15.8 Å². The number of hydrogen-bond donors (Lipinski definition) is 2. The summed E-state index contributed by atoms with van der Waals surface area (Å²) in [6, 6.07) is 5.28. The Morgan fingerprint density at radius 3 is 2.71 bits per heavy atom. The first kappa shape index (κ1) is 16.1. The Bertz CT molecular complexity index is 700. The first-order chi connectivity index (χ1) is 9.94. The van der Waals surface area contributed by atoms with Crippen LogP contribution in [0.15, 0.2) is 39.9 Å². The van der Waals surface area contributed by atoms with Gasteiger partial charge in [-0.15, -0.1) is 0 Å².